The van der Waals surface area contributed by atoms with Crippen LogP contribution in [0.15, 0.2) is 0 Å². The minimum absolute atomic E-state index is 0.232. The molecular weight excluding hydrogens is 252 g/mol. The molecule has 1 aromatic rings. The zero-order valence-corrected chi connectivity index (χ0v) is 11.3. The molecule has 18 heavy (non-hydrogen) atoms. The Hall–Kier alpha value is -1.34. The zero-order valence-electron chi connectivity index (χ0n) is 10.5. The standard InChI is InChI=1S/C11H18N4O2S/c1-6-3-4-15(5-7(6)16)11-8(10(17)13-2)9(12)14-18-11/h6-7,16H,3-5H2,1-2H3,(H2,12,14)(H,13,17). The zero-order chi connectivity index (χ0) is 13.3. The maximum absolute atomic E-state index is 11.8. The molecule has 1 amide bonds. The molecular formula is C11H18N4O2S. The number of nitrogen functional groups attached to an aromatic ring is 1. The van der Waals surface area contributed by atoms with E-state index in [1.165, 1.54) is 11.5 Å². The van der Waals surface area contributed by atoms with Crippen LogP contribution in [-0.4, -0.2) is 41.6 Å². The Morgan fingerprint density at radius 3 is 3.00 bits per heavy atom. The van der Waals surface area contributed by atoms with Crippen molar-refractivity contribution in [2.24, 2.45) is 5.92 Å². The van der Waals surface area contributed by atoms with Crippen molar-refractivity contribution in [3.8, 4) is 0 Å². The van der Waals surface area contributed by atoms with Gasteiger partial charge in [0.05, 0.1) is 6.10 Å². The van der Waals surface area contributed by atoms with Crippen molar-refractivity contribution in [2.45, 2.75) is 19.4 Å². The number of nitrogens with two attached hydrogens (primary N) is 1. The van der Waals surface area contributed by atoms with E-state index in [1.807, 2.05) is 11.8 Å². The summed E-state index contributed by atoms with van der Waals surface area (Å²) in [5.41, 5.74) is 6.16. The number of carbonyl (C=O) groups is 1. The van der Waals surface area contributed by atoms with E-state index in [0.717, 1.165) is 18.0 Å². The van der Waals surface area contributed by atoms with E-state index < -0.39 is 0 Å². The number of β-amino-alcohol motifs (C(OH)–C–C–N with tert-alkyl or cyclic N) is 1. The Morgan fingerprint density at radius 2 is 2.39 bits per heavy atom. The van der Waals surface area contributed by atoms with Gasteiger partial charge in [0.15, 0.2) is 5.82 Å². The van der Waals surface area contributed by atoms with Crippen molar-refractivity contribution in [3.63, 3.8) is 0 Å². The van der Waals surface area contributed by atoms with E-state index in [9.17, 15) is 9.90 Å². The van der Waals surface area contributed by atoms with Gasteiger partial charge >= 0.3 is 0 Å². The molecule has 1 fully saturated rings. The molecule has 2 heterocycles. The third-order valence-corrected chi connectivity index (χ3v) is 4.28. The highest BCUT2D eigenvalue weighted by Crippen LogP contribution is 2.33. The molecule has 0 aliphatic carbocycles. The fraction of sp³-hybridized carbons (Fsp3) is 0.636. The topological polar surface area (TPSA) is 91.5 Å². The van der Waals surface area contributed by atoms with Gasteiger partial charge in [0, 0.05) is 20.1 Å². The van der Waals surface area contributed by atoms with Crippen LogP contribution in [0, 0.1) is 5.92 Å². The molecule has 0 radical (unpaired) electrons. The summed E-state index contributed by atoms with van der Waals surface area (Å²) < 4.78 is 4.04. The van der Waals surface area contributed by atoms with Gasteiger partial charge < -0.3 is 21.1 Å². The normalized spacial score (nSPS) is 24.1. The number of aliphatic hydroxyl groups excluding tert-OH is 1. The Morgan fingerprint density at radius 1 is 1.67 bits per heavy atom. The van der Waals surface area contributed by atoms with Gasteiger partial charge in [-0.1, -0.05) is 6.92 Å². The number of aromatic nitrogens is 1. The molecule has 0 saturated carbocycles. The van der Waals surface area contributed by atoms with Crippen LogP contribution in [0.5, 0.6) is 0 Å². The molecule has 4 N–H and O–H groups in total. The molecule has 1 aliphatic heterocycles. The molecule has 2 unspecified atom stereocenters. The Kier molecular flexibility index (Phi) is 3.72. The van der Waals surface area contributed by atoms with E-state index >= 15 is 0 Å². The number of amides is 1. The Labute approximate surface area is 110 Å². The third-order valence-electron chi connectivity index (χ3n) is 3.36. The molecule has 100 valence electrons. The van der Waals surface area contributed by atoms with E-state index in [-0.39, 0.29) is 23.7 Å². The van der Waals surface area contributed by atoms with Gasteiger partial charge in [0.2, 0.25) is 0 Å². The van der Waals surface area contributed by atoms with Crippen molar-refractivity contribution in [3.05, 3.63) is 5.56 Å². The summed E-state index contributed by atoms with van der Waals surface area (Å²) in [6.45, 7) is 3.36. The Balaban J connectivity index is 2.26. The number of hydrogen-bond donors (Lipinski definition) is 3. The van der Waals surface area contributed by atoms with Crippen LogP contribution in [0.1, 0.15) is 23.7 Å². The summed E-state index contributed by atoms with van der Waals surface area (Å²) in [6, 6.07) is 0. The highest BCUT2D eigenvalue weighted by Gasteiger charge is 2.29. The van der Waals surface area contributed by atoms with Crippen molar-refractivity contribution < 1.29 is 9.90 Å². The number of rotatable bonds is 2. The monoisotopic (exact) mass is 270 g/mol. The SMILES string of the molecule is CNC(=O)c1c(N)nsc1N1CCC(C)C(O)C1. The highest BCUT2D eigenvalue weighted by atomic mass is 32.1. The minimum Gasteiger partial charge on any atom is -0.391 e. The average molecular weight is 270 g/mol. The molecule has 7 heteroatoms. The van der Waals surface area contributed by atoms with E-state index in [2.05, 4.69) is 9.69 Å². The first kappa shape index (κ1) is 13.1. The van der Waals surface area contributed by atoms with Crippen LogP contribution in [0.2, 0.25) is 0 Å². The van der Waals surface area contributed by atoms with Crippen LogP contribution in [-0.2, 0) is 0 Å². The second kappa shape index (κ2) is 5.11. The van der Waals surface area contributed by atoms with Crippen LogP contribution in [0.4, 0.5) is 10.8 Å². The van der Waals surface area contributed by atoms with Crippen LogP contribution < -0.4 is 16.0 Å². The van der Waals surface area contributed by atoms with Crippen molar-refractivity contribution >= 4 is 28.3 Å². The summed E-state index contributed by atoms with van der Waals surface area (Å²) in [7, 11) is 1.57. The fourth-order valence-electron chi connectivity index (χ4n) is 2.08. The first-order valence-corrected chi connectivity index (χ1v) is 6.72. The maximum atomic E-state index is 11.8. The van der Waals surface area contributed by atoms with Crippen molar-refractivity contribution in [1.82, 2.24) is 9.69 Å². The van der Waals surface area contributed by atoms with Gasteiger partial charge in [-0.05, 0) is 23.9 Å². The van der Waals surface area contributed by atoms with Crippen LogP contribution in [0.25, 0.3) is 0 Å². The van der Waals surface area contributed by atoms with E-state index in [0.29, 0.717) is 12.1 Å². The largest absolute Gasteiger partial charge is 0.391 e. The quantitative estimate of drug-likeness (QED) is 0.718. The third kappa shape index (κ3) is 2.28. The first-order chi connectivity index (χ1) is 8.54. The second-order valence-electron chi connectivity index (χ2n) is 4.61. The molecule has 0 spiro atoms. The number of piperidine rings is 1. The number of hydrogen-bond acceptors (Lipinski definition) is 6. The lowest BCUT2D eigenvalue weighted by molar-refractivity contribution is 0.0958. The minimum atomic E-state index is -0.375. The molecule has 1 saturated heterocycles. The summed E-state index contributed by atoms with van der Waals surface area (Å²) in [6.07, 6.45) is 0.520. The van der Waals surface area contributed by atoms with Gasteiger partial charge in [-0.15, -0.1) is 0 Å². The molecule has 0 bridgehead atoms. The second-order valence-corrected chi connectivity index (χ2v) is 5.36. The summed E-state index contributed by atoms with van der Waals surface area (Å²) in [5, 5.41) is 13.2. The lowest BCUT2D eigenvalue weighted by atomic mass is 9.96. The lowest BCUT2D eigenvalue weighted by Crippen LogP contribution is -2.43. The molecule has 6 nitrogen and oxygen atoms in total. The number of carbonyl (C=O) groups excluding carboxylic acids is 1. The fourth-order valence-corrected chi connectivity index (χ4v) is 2.93. The van der Waals surface area contributed by atoms with Crippen molar-refractivity contribution in [1.29, 1.82) is 0 Å². The number of aliphatic hydroxyl groups is 1. The van der Waals surface area contributed by atoms with E-state index in [4.69, 9.17) is 5.73 Å². The Bertz CT molecular complexity index is 448. The van der Waals surface area contributed by atoms with Crippen LogP contribution >= 0.6 is 11.5 Å². The molecule has 1 aliphatic rings. The van der Waals surface area contributed by atoms with Gasteiger partial charge in [0.1, 0.15) is 10.6 Å². The highest BCUT2D eigenvalue weighted by molar-refractivity contribution is 7.11. The molecule has 1 aromatic heterocycles. The predicted octanol–water partition coefficient (Wildman–Crippen LogP) is 0.292. The summed E-state index contributed by atoms with van der Waals surface area (Å²) in [5.74, 6) is 0.307. The number of nitrogens with zero attached hydrogens (tertiary/aromatic N) is 2. The van der Waals surface area contributed by atoms with Gasteiger partial charge in [-0.3, -0.25) is 4.79 Å². The van der Waals surface area contributed by atoms with Crippen LogP contribution in [0.3, 0.4) is 0 Å². The first-order valence-electron chi connectivity index (χ1n) is 5.94. The van der Waals surface area contributed by atoms with Gasteiger partial charge in [-0.25, -0.2) is 0 Å². The molecule has 0 aromatic carbocycles. The predicted molar refractivity (Wildman–Crippen MR) is 71.9 cm³/mol. The smallest absolute Gasteiger partial charge is 0.257 e. The van der Waals surface area contributed by atoms with Gasteiger partial charge in [0.25, 0.3) is 5.91 Å². The molecule has 2 rings (SSSR count). The van der Waals surface area contributed by atoms with Crippen molar-refractivity contribution in [2.75, 3.05) is 30.8 Å². The van der Waals surface area contributed by atoms with E-state index in [1.54, 1.807) is 7.05 Å². The summed E-state index contributed by atoms with van der Waals surface area (Å²) >= 11 is 1.21. The molecule has 2 atom stereocenters. The van der Waals surface area contributed by atoms with Gasteiger partial charge in [-0.2, -0.15) is 4.37 Å². The average Bonchev–Trinajstić information content (AvgIpc) is 2.74. The number of anilines is 2. The summed E-state index contributed by atoms with van der Waals surface area (Å²) in [4.78, 5) is 13.8. The number of nitrogens with one attached hydrogen (secondary N) is 1. The maximum Gasteiger partial charge on any atom is 0.257 e. The lowest BCUT2D eigenvalue weighted by Gasteiger charge is -2.35.